The molecule has 1 saturated carbocycles. The van der Waals surface area contributed by atoms with Gasteiger partial charge < -0.3 is 15.5 Å². The predicted molar refractivity (Wildman–Crippen MR) is 130 cm³/mol. The van der Waals surface area contributed by atoms with Crippen LogP contribution in [0.4, 0.5) is 11.4 Å². The number of amides is 2. The number of sulfone groups is 1. The minimum atomic E-state index is -3.09. The molecule has 1 aliphatic heterocycles. The first-order valence-corrected chi connectivity index (χ1v) is 13.5. The van der Waals surface area contributed by atoms with Gasteiger partial charge in [-0.25, -0.2) is 8.42 Å². The molecule has 1 unspecified atom stereocenters. The van der Waals surface area contributed by atoms with Gasteiger partial charge in [0.05, 0.1) is 29.4 Å². The first-order chi connectivity index (χ1) is 15.9. The van der Waals surface area contributed by atoms with Crippen molar-refractivity contribution in [1.82, 2.24) is 4.90 Å². The topological polar surface area (TPSA) is 95.6 Å². The normalized spacial score (nSPS) is 20.2. The highest BCUT2D eigenvalue weighted by molar-refractivity contribution is 7.91. The van der Waals surface area contributed by atoms with Gasteiger partial charge in [0.25, 0.3) is 5.91 Å². The zero-order chi connectivity index (χ0) is 23.3. The number of nitrogens with one attached hydrogen (secondary N) is 2. The maximum atomic E-state index is 13.4. The van der Waals surface area contributed by atoms with Gasteiger partial charge in [-0.15, -0.1) is 0 Å². The van der Waals surface area contributed by atoms with Gasteiger partial charge in [-0.3, -0.25) is 9.59 Å². The van der Waals surface area contributed by atoms with Crippen LogP contribution in [0.1, 0.15) is 48.9 Å². The number of hydrogen-bond donors (Lipinski definition) is 2. The van der Waals surface area contributed by atoms with Crippen LogP contribution in [0.2, 0.25) is 0 Å². The minimum Gasteiger partial charge on any atom is -0.374 e. The fraction of sp³-hybridized carbons (Fsp3) is 0.440. The van der Waals surface area contributed by atoms with Crippen LogP contribution < -0.4 is 10.6 Å². The van der Waals surface area contributed by atoms with E-state index in [0.29, 0.717) is 23.4 Å². The van der Waals surface area contributed by atoms with Gasteiger partial charge in [0.15, 0.2) is 9.84 Å². The Kier molecular flexibility index (Phi) is 7.33. The third-order valence-electron chi connectivity index (χ3n) is 6.50. The Morgan fingerprint density at radius 3 is 2.18 bits per heavy atom. The van der Waals surface area contributed by atoms with Crippen LogP contribution in [0.25, 0.3) is 0 Å². The summed E-state index contributed by atoms with van der Waals surface area (Å²) < 4.78 is 24.2. The van der Waals surface area contributed by atoms with Crippen LogP contribution in [0, 0.1) is 0 Å². The molecule has 1 heterocycles. The fourth-order valence-electron chi connectivity index (χ4n) is 4.85. The number of benzene rings is 2. The fourth-order valence-corrected chi connectivity index (χ4v) is 6.56. The van der Waals surface area contributed by atoms with Crippen molar-refractivity contribution in [1.29, 1.82) is 0 Å². The van der Waals surface area contributed by atoms with Crippen LogP contribution >= 0.6 is 0 Å². The highest BCUT2D eigenvalue weighted by atomic mass is 32.2. The summed E-state index contributed by atoms with van der Waals surface area (Å²) in [6.07, 6.45) is 5.64. The van der Waals surface area contributed by atoms with Gasteiger partial charge in [0.1, 0.15) is 0 Å². The van der Waals surface area contributed by atoms with E-state index >= 15 is 0 Å². The van der Waals surface area contributed by atoms with Crippen LogP contribution in [-0.2, 0) is 14.6 Å². The predicted octanol–water partition coefficient (Wildman–Crippen LogP) is 3.70. The highest BCUT2D eigenvalue weighted by Gasteiger charge is 2.38. The number of anilines is 2. The molecule has 2 fully saturated rings. The average Bonchev–Trinajstić information content (AvgIpc) is 3.19. The van der Waals surface area contributed by atoms with E-state index in [-0.39, 0.29) is 41.9 Å². The molecule has 1 aliphatic carbocycles. The summed E-state index contributed by atoms with van der Waals surface area (Å²) in [5.74, 6) is -0.112. The molecule has 2 N–H and O–H groups in total. The number of nitrogens with zero attached hydrogens (tertiary/aromatic N) is 1. The molecule has 176 valence electrons. The second-order valence-corrected chi connectivity index (χ2v) is 11.1. The molecule has 2 amide bonds. The van der Waals surface area contributed by atoms with Gasteiger partial charge in [-0.2, -0.15) is 0 Å². The van der Waals surface area contributed by atoms with Crippen molar-refractivity contribution in [2.45, 2.75) is 50.6 Å². The van der Waals surface area contributed by atoms with E-state index in [9.17, 15) is 18.0 Å². The summed E-state index contributed by atoms with van der Waals surface area (Å²) in [6.45, 7) is 0.0469. The van der Waals surface area contributed by atoms with Gasteiger partial charge in [-0.1, -0.05) is 49.6 Å². The number of rotatable bonds is 7. The standard InChI is InChI=1S/C25H31N3O4S/c29-24(28(20-11-5-2-6-12-20)21-15-16-33(31,32)18-21)17-26-22-13-7-8-14-23(22)27-25(30)19-9-3-1-4-10-19/h1,3-4,7-10,13-14,20-21,26H,2,5-6,11-12,15-18H2,(H,27,30). The van der Waals surface area contributed by atoms with Crippen molar-refractivity contribution in [3.8, 4) is 0 Å². The summed E-state index contributed by atoms with van der Waals surface area (Å²) in [5, 5.41) is 6.08. The largest absolute Gasteiger partial charge is 0.374 e. The van der Waals surface area contributed by atoms with E-state index in [1.54, 1.807) is 30.3 Å². The molecule has 1 atom stereocenters. The summed E-state index contributed by atoms with van der Waals surface area (Å²) in [5.41, 5.74) is 1.79. The molecule has 0 radical (unpaired) electrons. The van der Waals surface area contributed by atoms with E-state index in [4.69, 9.17) is 0 Å². The van der Waals surface area contributed by atoms with Crippen LogP contribution in [0.15, 0.2) is 54.6 Å². The molecule has 33 heavy (non-hydrogen) atoms. The highest BCUT2D eigenvalue weighted by Crippen LogP contribution is 2.29. The van der Waals surface area contributed by atoms with E-state index in [0.717, 1.165) is 32.1 Å². The molecule has 0 bridgehead atoms. The average molecular weight is 470 g/mol. The quantitative estimate of drug-likeness (QED) is 0.645. The molecule has 1 saturated heterocycles. The van der Waals surface area contributed by atoms with E-state index in [1.165, 1.54) is 0 Å². The molecule has 7 nitrogen and oxygen atoms in total. The molecule has 2 aromatic rings. The van der Waals surface area contributed by atoms with Crippen LogP contribution in [-0.4, -0.2) is 55.3 Å². The zero-order valence-electron chi connectivity index (χ0n) is 18.7. The van der Waals surface area contributed by atoms with Crippen molar-refractivity contribution in [2.75, 3.05) is 28.7 Å². The maximum absolute atomic E-state index is 13.4. The molecule has 8 heteroatoms. The lowest BCUT2D eigenvalue weighted by Crippen LogP contribution is -2.50. The number of para-hydroxylation sites is 2. The Bertz CT molecular complexity index is 1080. The van der Waals surface area contributed by atoms with Gasteiger partial charge >= 0.3 is 0 Å². The lowest BCUT2D eigenvalue weighted by molar-refractivity contribution is -0.134. The van der Waals surface area contributed by atoms with Crippen molar-refractivity contribution < 1.29 is 18.0 Å². The van der Waals surface area contributed by atoms with Gasteiger partial charge in [0.2, 0.25) is 5.91 Å². The lowest BCUT2D eigenvalue weighted by Gasteiger charge is -2.38. The smallest absolute Gasteiger partial charge is 0.255 e. The molecule has 2 aliphatic rings. The second kappa shape index (κ2) is 10.4. The van der Waals surface area contributed by atoms with Crippen molar-refractivity contribution in [3.05, 3.63) is 60.2 Å². The summed E-state index contributed by atoms with van der Waals surface area (Å²) >= 11 is 0. The molecule has 4 rings (SSSR count). The Morgan fingerprint density at radius 2 is 1.52 bits per heavy atom. The number of carbonyl (C=O) groups is 2. The van der Waals surface area contributed by atoms with E-state index < -0.39 is 9.84 Å². The van der Waals surface area contributed by atoms with Gasteiger partial charge in [-0.05, 0) is 43.5 Å². The molecular weight excluding hydrogens is 438 g/mol. The lowest BCUT2D eigenvalue weighted by atomic mass is 9.93. The first-order valence-electron chi connectivity index (χ1n) is 11.6. The Morgan fingerprint density at radius 1 is 0.848 bits per heavy atom. The third kappa shape index (κ3) is 5.93. The zero-order valence-corrected chi connectivity index (χ0v) is 19.5. The van der Waals surface area contributed by atoms with Gasteiger partial charge in [0, 0.05) is 17.6 Å². The molecule has 0 aromatic heterocycles. The Hall–Kier alpha value is -2.87. The molecular formula is C25H31N3O4S. The van der Waals surface area contributed by atoms with E-state index in [1.807, 2.05) is 29.2 Å². The first kappa shape index (κ1) is 23.3. The SMILES string of the molecule is O=C(Nc1ccccc1NCC(=O)N(C1CCCCC1)C1CCS(=O)(=O)C1)c1ccccc1. The molecule has 2 aromatic carbocycles. The Labute approximate surface area is 195 Å². The third-order valence-corrected chi connectivity index (χ3v) is 8.25. The minimum absolute atomic E-state index is 0.0469. The van der Waals surface area contributed by atoms with Crippen molar-refractivity contribution >= 4 is 33.0 Å². The number of carbonyl (C=O) groups excluding carboxylic acids is 2. The molecule has 0 spiro atoms. The monoisotopic (exact) mass is 469 g/mol. The maximum Gasteiger partial charge on any atom is 0.255 e. The van der Waals surface area contributed by atoms with Crippen LogP contribution in [0.5, 0.6) is 0 Å². The summed E-state index contributed by atoms with van der Waals surface area (Å²) in [6, 6.07) is 16.1. The van der Waals surface area contributed by atoms with Crippen LogP contribution in [0.3, 0.4) is 0 Å². The Balaban J connectivity index is 1.46. The van der Waals surface area contributed by atoms with Crippen molar-refractivity contribution in [3.63, 3.8) is 0 Å². The van der Waals surface area contributed by atoms with E-state index in [2.05, 4.69) is 10.6 Å². The van der Waals surface area contributed by atoms with Crippen molar-refractivity contribution in [2.24, 2.45) is 0 Å². The number of hydrogen-bond acceptors (Lipinski definition) is 5. The second-order valence-electron chi connectivity index (χ2n) is 8.87. The summed E-state index contributed by atoms with van der Waals surface area (Å²) in [4.78, 5) is 27.8. The summed E-state index contributed by atoms with van der Waals surface area (Å²) in [7, 11) is -3.09.